The fraction of sp³-hybridized carbons (Fsp3) is 0.647. The molecular weight excluding hydrogens is 234 g/mol. The number of rotatable bonds is 5. The van der Waals surface area contributed by atoms with E-state index in [-0.39, 0.29) is 5.41 Å². The molecule has 2 nitrogen and oxygen atoms in total. The van der Waals surface area contributed by atoms with Crippen LogP contribution in [0.4, 0.5) is 0 Å². The molecule has 19 heavy (non-hydrogen) atoms. The van der Waals surface area contributed by atoms with E-state index in [1.165, 1.54) is 16.7 Å². The average molecular weight is 261 g/mol. The van der Waals surface area contributed by atoms with Gasteiger partial charge in [0.2, 0.25) is 0 Å². The highest BCUT2D eigenvalue weighted by molar-refractivity contribution is 5.34. The van der Waals surface area contributed by atoms with Gasteiger partial charge in [-0.25, -0.2) is 0 Å². The van der Waals surface area contributed by atoms with Crippen LogP contribution in [0.1, 0.15) is 37.0 Å². The minimum atomic E-state index is 0.257. The molecule has 1 N–H and O–H groups in total. The number of nitrogens with one attached hydrogen (secondary N) is 1. The average Bonchev–Trinajstić information content (AvgIpc) is 2.74. The van der Waals surface area contributed by atoms with Crippen LogP contribution in [0.25, 0.3) is 0 Å². The van der Waals surface area contributed by atoms with Gasteiger partial charge in [0, 0.05) is 18.6 Å². The molecule has 0 aromatic heterocycles. The van der Waals surface area contributed by atoms with Crippen LogP contribution in [0, 0.1) is 19.3 Å². The number of ether oxygens (including phenoxy) is 1. The minimum Gasteiger partial charge on any atom is -0.378 e. The first kappa shape index (κ1) is 14.5. The normalized spacial score (nSPS) is 26.8. The first-order valence-corrected chi connectivity index (χ1v) is 7.46. The van der Waals surface area contributed by atoms with Gasteiger partial charge in [0.25, 0.3) is 0 Å². The second-order valence-electron chi connectivity index (χ2n) is 5.95. The van der Waals surface area contributed by atoms with Gasteiger partial charge in [-0.1, -0.05) is 25.1 Å². The third-order valence-electron chi connectivity index (χ3n) is 4.73. The van der Waals surface area contributed by atoms with Crippen LogP contribution in [0.5, 0.6) is 0 Å². The van der Waals surface area contributed by atoms with E-state index < -0.39 is 0 Å². The lowest BCUT2D eigenvalue weighted by Crippen LogP contribution is -2.41. The molecule has 2 atom stereocenters. The molecule has 1 aliphatic rings. The van der Waals surface area contributed by atoms with E-state index >= 15 is 0 Å². The van der Waals surface area contributed by atoms with E-state index in [1.807, 2.05) is 0 Å². The summed E-state index contributed by atoms with van der Waals surface area (Å²) < 4.78 is 5.88. The van der Waals surface area contributed by atoms with E-state index in [9.17, 15) is 0 Å². The van der Waals surface area contributed by atoms with Crippen molar-refractivity contribution in [2.24, 2.45) is 5.41 Å². The first-order valence-electron chi connectivity index (χ1n) is 7.46. The second kappa shape index (κ2) is 6.06. The van der Waals surface area contributed by atoms with Crippen LogP contribution in [-0.2, 0) is 11.2 Å². The Hall–Kier alpha value is -0.860. The molecular formula is C17H27NO. The Morgan fingerprint density at radius 1 is 1.32 bits per heavy atom. The molecule has 0 saturated carbocycles. The van der Waals surface area contributed by atoms with Crippen molar-refractivity contribution in [1.82, 2.24) is 5.32 Å². The number of benzene rings is 1. The van der Waals surface area contributed by atoms with Gasteiger partial charge < -0.3 is 10.1 Å². The highest BCUT2D eigenvalue weighted by Gasteiger charge is 2.41. The molecule has 1 saturated heterocycles. The Balaban J connectivity index is 2.25. The van der Waals surface area contributed by atoms with Crippen molar-refractivity contribution in [2.75, 3.05) is 19.7 Å². The summed E-state index contributed by atoms with van der Waals surface area (Å²) >= 11 is 0. The molecule has 1 heterocycles. The quantitative estimate of drug-likeness (QED) is 0.878. The molecule has 0 amide bonds. The summed E-state index contributed by atoms with van der Waals surface area (Å²) in [7, 11) is 0. The molecule has 0 bridgehead atoms. The number of aryl methyl sites for hydroxylation is 2. The predicted molar refractivity (Wildman–Crippen MR) is 80.6 cm³/mol. The second-order valence-corrected chi connectivity index (χ2v) is 5.95. The maximum atomic E-state index is 5.88. The van der Waals surface area contributed by atoms with Gasteiger partial charge in [-0.2, -0.15) is 0 Å². The molecule has 106 valence electrons. The molecule has 1 aliphatic heterocycles. The highest BCUT2D eigenvalue weighted by atomic mass is 16.5. The molecule has 2 heteroatoms. The fourth-order valence-corrected chi connectivity index (χ4v) is 3.20. The van der Waals surface area contributed by atoms with Crippen molar-refractivity contribution in [1.29, 1.82) is 0 Å². The fourth-order valence-electron chi connectivity index (χ4n) is 3.20. The Morgan fingerprint density at radius 3 is 2.53 bits per heavy atom. The van der Waals surface area contributed by atoms with E-state index in [2.05, 4.69) is 51.2 Å². The maximum Gasteiger partial charge on any atom is 0.0619 e. The third kappa shape index (κ3) is 3.01. The van der Waals surface area contributed by atoms with Gasteiger partial charge in [0.15, 0.2) is 0 Å². The standard InChI is InChI=1S/C17H27NO/c1-5-18-12-17(9-10-19-15(17)4)11-16-13(2)7-6-8-14(16)3/h6-8,15,18H,5,9-12H2,1-4H3. The summed E-state index contributed by atoms with van der Waals surface area (Å²) in [5.74, 6) is 0. The van der Waals surface area contributed by atoms with Crippen LogP contribution in [0.2, 0.25) is 0 Å². The maximum absolute atomic E-state index is 5.88. The van der Waals surface area contributed by atoms with E-state index in [0.29, 0.717) is 6.10 Å². The van der Waals surface area contributed by atoms with Crippen LogP contribution in [0.3, 0.4) is 0 Å². The number of hydrogen-bond acceptors (Lipinski definition) is 2. The number of hydrogen-bond donors (Lipinski definition) is 1. The monoisotopic (exact) mass is 261 g/mol. The van der Waals surface area contributed by atoms with Crippen molar-refractivity contribution in [3.8, 4) is 0 Å². The van der Waals surface area contributed by atoms with Crippen molar-refractivity contribution < 1.29 is 4.74 Å². The lowest BCUT2D eigenvalue weighted by Gasteiger charge is -2.34. The summed E-state index contributed by atoms with van der Waals surface area (Å²) in [5, 5.41) is 3.54. The van der Waals surface area contributed by atoms with Crippen LogP contribution < -0.4 is 5.32 Å². The Kier molecular flexibility index (Phi) is 4.64. The summed E-state index contributed by atoms with van der Waals surface area (Å²) in [6.07, 6.45) is 2.62. The Labute approximate surface area is 117 Å². The van der Waals surface area contributed by atoms with E-state index in [4.69, 9.17) is 4.74 Å². The summed E-state index contributed by atoms with van der Waals surface area (Å²) in [6, 6.07) is 6.60. The molecule has 0 radical (unpaired) electrons. The highest BCUT2D eigenvalue weighted by Crippen LogP contribution is 2.39. The summed E-state index contributed by atoms with van der Waals surface area (Å²) in [6.45, 7) is 11.8. The summed E-state index contributed by atoms with van der Waals surface area (Å²) in [5.41, 5.74) is 4.59. The zero-order valence-electron chi connectivity index (χ0n) is 12.8. The zero-order valence-corrected chi connectivity index (χ0v) is 12.8. The van der Waals surface area contributed by atoms with Crippen molar-refractivity contribution in [2.45, 2.75) is 46.6 Å². The van der Waals surface area contributed by atoms with Gasteiger partial charge >= 0.3 is 0 Å². The van der Waals surface area contributed by atoms with Gasteiger partial charge in [0.1, 0.15) is 0 Å². The van der Waals surface area contributed by atoms with Crippen molar-refractivity contribution in [3.05, 3.63) is 34.9 Å². The topological polar surface area (TPSA) is 21.3 Å². The Bertz CT molecular complexity index is 409. The molecule has 2 rings (SSSR count). The van der Waals surface area contributed by atoms with Crippen LogP contribution in [-0.4, -0.2) is 25.8 Å². The first-order chi connectivity index (χ1) is 9.09. The SMILES string of the molecule is CCNCC1(Cc2c(C)cccc2C)CCOC1C. The minimum absolute atomic E-state index is 0.257. The molecule has 1 fully saturated rings. The summed E-state index contributed by atoms with van der Waals surface area (Å²) in [4.78, 5) is 0. The molecule has 2 unspecified atom stereocenters. The van der Waals surface area contributed by atoms with Crippen LogP contribution in [0.15, 0.2) is 18.2 Å². The van der Waals surface area contributed by atoms with Gasteiger partial charge in [-0.05, 0) is 56.8 Å². The lowest BCUT2D eigenvalue weighted by molar-refractivity contribution is 0.0631. The van der Waals surface area contributed by atoms with Gasteiger partial charge in [0.05, 0.1) is 6.10 Å². The lowest BCUT2D eigenvalue weighted by atomic mass is 9.74. The predicted octanol–water partition coefficient (Wildman–Crippen LogP) is 3.25. The van der Waals surface area contributed by atoms with Crippen LogP contribution >= 0.6 is 0 Å². The Morgan fingerprint density at radius 2 is 2.00 bits per heavy atom. The zero-order chi connectivity index (χ0) is 13.9. The largest absolute Gasteiger partial charge is 0.378 e. The van der Waals surface area contributed by atoms with Gasteiger partial charge in [-0.3, -0.25) is 0 Å². The molecule has 1 aromatic carbocycles. The van der Waals surface area contributed by atoms with Crippen molar-refractivity contribution in [3.63, 3.8) is 0 Å². The third-order valence-corrected chi connectivity index (χ3v) is 4.73. The molecule has 0 spiro atoms. The molecule has 0 aliphatic carbocycles. The smallest absolute Gasteiger partial charge is 0.0619 e. The van der Waals surface area contributed by atoms with E-state index in [0.717, 1.165) is 32.5 Å². The molecule has 1 aromatic rings. The van der Waals surface area contributed by atoms with Crippen molar-refractivity contribution >= 4 is 0 Å². The van der Waals surface area contributed by atoms with E-state index in [1.54, 1.807) is 0 Å². The van der Waals surface area contributed by atoms with Gasteiger partial charge in [-0.15, -0.1) is 0 Å².